The van der Waals surface area contributed by atoms with E-state index >= 15 is 0 Å². The lowest BCUT2D eigenvalue weighted by atomic mass is 9.79. The third-order valence-corrected chi connectivity index (χ3v) is 3.94. The zero-order chi connectivity index (χ0) is 14.8. The van der Waals surface area contributed by atoms with E-state index in [9.17, 15) is 4.79 Å². The number of allylic oxidation sites excluding steroid dienone is 1. The maximum atomic E-state index is 12.1. The van der Waals surface area contributed by atoms with Crippen LogP contribution in [-0.4, -0.2) is 25.0 Å². The molecule has 3 heteroatoms. The number of anilines is 1. The molecule has 0 saturated carbocycles. The first-order valence-corrected chi connectivity index (χ1v) is 7.00. The molecule has 3 nitrogen and oxygen atoms in total. The molecule has 1 aliphatic carbocycles. The molecule has 1 aromatic carbocycles. The summed E-state index contributed by atoms with van der Waals surface area (Å²) in [6.07, 6.45) is 2.46. The van der Waals surface area contributed by atoms with Crippen molar-refractivity contribution in [3.63, 3.8) is 0 Å². The highest BCUT2D eigenvalue weighted by Crippen LogP contribution is 2.35. The summed E-state index contributed by atoms with van der Waals surface area (Å²) in [5.74, 6) is 0.203. The Bertz CT molecular complexity index is 505. The Morgan fingerprint density at radius 2 is 1.90 bits per heavy atom. The maximum Gasteiger partial charge on any atom is 0.158 e. The van der Waals surface area contributed by atoms with E-state index < -0.39 is 0 Å². The minimum atomic E-state index is -0.202. The summed E-state index contributed by atoms with van der Waals surface area (Å²) in [5, 5.41) is 3.47. The van der Waals surface area contributed by atoms with Crippen LogP contribution in [0.15, 0.2) is 42.0 Å². The minimum absolute atomic E-state index is 0.0103. The predicted octanol–water partition coefficient (Wildman–Crippen LogP) is 3.43. The van der Waals surface area contributed by atoms with Crippen LogP contribution in [0.2, 0.25) is 0 Å². The Labute approximate surface area is 121 Å². The van der Waals surface area contributed by atoms with Crippen molar-refractivity contribution in [1.29, 1.82) is 0 Å². The molecule has 2 atom stereocenters. The third-order valence-electron chi connectivity index (χ3n) is 3.94. The number of ether oxygens (including phenoxy) is 1. The monoisotopic (exact) mass is 273 g/mol. The number of rotatable bonds is 3. The largest absolute Gasteiger partial charge is 0.378 e. The molecule has 0 saturated heterocycles. The highest BCUT2D eigenvalue weighted by atomic mass is 16.5. The summed E-state index contributed by atoms with van der Waals surface area (Å²) in [5.41, 5.74) is 1.65. The number of hydrogen-bond acceptors (Lipinski definition) is 3. The molecule has 2 rings (SSSR count). The van der Waals surface area contributed by atoms with Crippen LogP contribution in [0.4, 0.5) is 5.69 Å². The van der Waals surface area contributed by atoms with Gasteiger partial charge in [-0.05, 0) is 24.6 Å². The van der Waals surface area contributed by atoms with Crippen molar-refractivity contribution in [3.8, 4) is 0 Å². The Balaban J connectivity index is 2.33. The Kier molecular flexibility index (Phi) is 4.29. The van der Waals surface area contributed by atoms with Crippen LogP contribution in [-0.2, 0) is 9.53 Å². The van der Waals surface area contributed by atoms with Gasteiger partial charge in [-0.2, -0.15) is 0 Å². The predicted molar refractivity (Wildman–Crippen MR) is 81.8 cm³/mol. The third kappa shape index (κ3) is 3.10. The summed E-state index contributed by atoms with van der Waals surface area (Å²) < 4.78 is 5.71. The van der Waals surface area contributed by atoms with Crippen LogP contribution in [0.3, 0.4) is 0 Å². The molecule has 1 N–H and O–H groups in total. The lowest BCUT2D eigenvalue weighted by Gasteiger charge is -2.36. The zero-order valence-electron chi connectivity index (χ0n) is 12.6. The summed E-state index contributed by atoms with van der Waals surface area (Å²) in [6, 6.07) is 10.0. The molecule has 0 aromatic heterocycles. The van der Waals surface area contributed by atoms with Crippen molar-refractivity contribution in [2.45, 2.75) is 39.3 Å². The number of carbonyl (C=O) groups is 1. The van der Waals surface area contributed by atoms with Crippen LogP contribution in [0, 0.1) is 5.41 Å². The second-order valence-corrected chi connectivity index (χ2v) is 6.13. The molecule has 0 radical (unpaired) electrons. The van der Waals surface area contributed by atoms with Crippen LogP contribution in [0.25, 0.3) is 0 Å². The van der Waals surface area contributed by atoms with Gasteiger partial charge in [-0.15, -0.1) is 0 Å². The summed E-state index contributed by atoms with van der Waals surface area (Å²) in [4.78, 5) is 12.1. The van der Waals surface area contributed by atoms with Gasteiger partial charge in [0.15, 0.2) is 5.78 Å². The number of Topliss-reactive ketones (excluding diaryl/α,β-unsaturated/α-hetero) is 1. The maximum absolute atomic E-state index is 12.1. The standard InChI is InChI=1S/C17H23NO2/c1-12-10-14(18-13-8-6-5-7-9-13)16(20-4)17(2,3)11-15(12)19/h5-10,14,16,18H,11H2,1-4H3. The number of nitrogens with one attached hydrogen (secondary N) is 1. The molecule has 0 amide bonds. The molecule has 1 aliphatic rings. The van der Waals surface area contributed by atoms with Crippen LogP contribution in [0.5, 0.6) is 0 Å². The topological polar surface area (TPSA) is 38.3 Å². The fraction of sp³-hybridized carbons (Fsp3) is 0.471. The van der Waals surface area contributed by atoms with E-state index in [0.29, 0.717) is 6.42 Å². The van der Waals surface area contributed by atoms with Crippen molar-refractivity contribution in [3.05, 3.63) is 42.0 Å². The molecule has 0 aliphatic heterocycles. The number of ketones is 1. The molecular formula is C17H23NO2. The highest BCUT2D eigenvalue weighted by Gasteiger charge is 2.39. The van der Waals surface area contributed by atoms with E-state index in [-0.39, 0.29) is 23.3 Å². The summed E-state index contributed by atoms with van der Waals surface area (Å²) >= 11 is 0. The van der Waals surface area contributed by atoms with E-state index in [2.05, 4.69) is 19.2 Å². The van der Waals surface area contributed by atoms with Crippen LogP contribution in [0.1, 0.15) is 27.2 Å². The fourth-order valence-electron chi connectivity index (χ4n) is 2.90. The van der Waals surface area contributed by atoms with Gasteiger partial charge in [0.2, 0.25) is 0 Å². The Hall–Kier alpha value is -1.61. The SMILES string of the molecule is COC1C(Nc2ccccc2)C=C(C)C(=O)CC1(C)C. The average Bonchev–Trinajstić information content (AvgIpc) is 2.46. The molecule has 0 heterocycles. The molecule has 0 bridgehead atoms. The summed E-state index contributed by atoms with van der Waals surface area (Å²) in [6.45, 7) is 6.06. The number of hydrogen-bond donors (Lipinski definition) is 1. The minimum Gasteiger partial charge on any atom is -0.378 e. The van der Waals surface area contributed by atoms with Crippen LogP contribution >= 0.6 is 0 Å². The zero-order valence-corrected chi connectivity index (χ0v) is 12.6. The van der Waals surface area contributed by atoms with E-state index in [1.165, 1.54) is 0 Å². The number of benzene rings is 1. The van der Waals surface area contributed by atoms with Gasteiger partial charge in [0.1, 0.15) is 0 Å². The van der Waals surface area contributed by atoms with Crippen molar-refractivity contribution in [2.75, 3.05) is 12.4 Å². The quantitative estimate of drug-likeness (QED) is 0.917. The molecule has 2 unspecified atom stereocenters. The van der Waals surface area contributed by atoms with E-state index in [1.54, 1.807) is 7.11 Å². The number of para-hydroxylation sites is 1. The smallest absolute Gasteiger partial charge is 0.158 e. The normalized spacial score (nSPS) is 25.8. The van der Waals surface area contributed by atoms with Gasteiger partial charge < -0.3 is 10.1 Å². The first-order chi connectivity index (χ1) is 9.44. The molecule has 108 valence electrons. The van der Waals surface area contributed by atoms with Crippen molar-refractivity contribution in [2.24, 2.45) is 5.41 Å². The Morgan fingerprint density at radius 3 is 2.50 bits per heavy atom. The highest BCUT2D eigenvalue weighted by molar-refractivity contribution is 5.95. The summed E-state index contributed by atoms with van der Waals surface area (Å²) in [7, 11) is 1.71. The van der Waals surface area contributed by atoms with Crippen molar-refractivity contribution < 1.29 is 9.53 Å². The van der Waals surface area contributed by atoms with Gasteiger partial charge in [0.05, 0.1) is 12.1 Å². The van der Waals surface area contributed by atoms with Crippen molar-refractivity contribution in [1.82, 2.24) is 0 Å². The number of carbonyl (C=O) groups excluding carboxylic acids is 1. The Morgan fingerprint density at radius 1 is 1.25 bits per heavy atom. The lowest BCUT2D eigenvalue weighted by Crippen LogP contribution is -2.43. The molecule has 20 heavy (non-hydrogen) atoms. The van der Waals surface area contributed by atoms with Gasteiger partial charge in [-0.1, -0.05) is 38.1 Å². The fourth-order valence-corrected chi connectivity index (χ4v) is 2.90. The first-order valence-electron chi connectivity index (χ1n) is 7.00. The van der Waals surface area contributed by atoms with E-state index in [0.717, 1.165) is 11.3 Å². The average molecular weight is 273 g/mol. The van der Waals surface area contributed by atoms with E-state index in [1.807, 2.05) is 43.3 Å². The van der Waals surface area contributed by atoms with Gasteiger partial charge in [-0.3, -0.25) is 4.79 Å². The molecule has 0 spiro atoms. The van der Waals surface area contributed by atoms with Gasteiger partial charge >= 0.3 is 0 Å². The second kappa shape index (κ2) is 5.80. The molecule has 0 fully saturated rings. The lowest BCUT2D eigenvalue weighted by molar-refractivity contribution is -0.119. The molecule has 1 aromatic rings. The first kappa shape index (κ1) is 14.8. The van der Waals surface area contributed by atoms with Crippen LogP contribution < -0.4 is 5.32 Å². The number of methoxy groups -OCH3 is 1. The van der Waals surface area contributed by atoms with E-state index in [4.69, 9.17) is 4.74 Å². The second-order valence-electron chi connectivity index (χ2n) is 6.13. The van der Waals surface area contributed by atoms with Crippen molar-refractivity contribution >= 4 is 11.5 Å². The van der Waals surface area contributed by atoms with Gasteiger partial charge in [0, 0.05) is 24.6 Å². The van der Waals surface area contributed by atoms with Gasteiger partial charge in [-0.25, -0.2) is 0 Å². The molecular weight excluding hydrogens is 250 g/mol. The van der Waals surface area contributed by atoms with Gasteiger partial charge in [0.25, 0.3) is 0 Å².